The molecule has 0 bridgehead atoms. The second-order valence-corrected chi connectivity index (χ2v) is 5.85. The van der Waals surface area contributed by atoms with Gasteiger partial charge in [0, 0.05) is 11.0 Å². The molecule has 0 fully saturated rings. The lowest BCUT2D eigenvalue weighted by atomic mass is 10.3. The number of hydrogen-bond donors (Lipinski definition) is 1. The van der Waals surface area contributed by atoms with Gasteiger partial charge in [0.15, 0.2) is 0 Å². The Balaban J connectivity index is 2.21. The summed E-state index contributed by atoms with van der Waals surface area (Å²) in [5, 5.41) is 7.51. The number of hydrogen-bond acceptors (Lipinski definition) is 2. The van der Waals surface area contributed by atoms with Crippen LogP contribution in [0.25, 0.3) is 0 Å². The van der Waals surface area contributed by atoms with E-state index in [2.05, 4.69) is 42.3 Å². The summed E-state index contributed by atoms with van der Waals surface area (Å²) in [6.45, 7) is 5.27. The van der Waals surface area contributed by atoms with Crippen LogP contribution in [0.5, 0.6) is 0 Å². The van der Waals surface area contributed by atoms with Crippen molar-refractivity contribution < 1.29 is 4.39 Å². The molecule has 0 unspecified atom stereocenters. The van der Waals surface area contributed by atoms with Gasteiger partial charge in [-0.3, -0.25) is 4.68 Å². The summed E-state index contributed by atoms with van der Waals surface area (Å²) in [6, 6.07) is 4.84. The minimum atomic E-state index is -0.265. The van der Waals surface area contributed by atoms with E-state index >= 15 is 0 Å². The maximum absolute atomic E-state index is 13.6. The average Bonchev–Trinajstić information content (AvgIpc) is 2.66. The van der Waals surface area contributed by atoms with Crippen LogP contribution in [0, 0.1) is 12.7 Å². The van der Waals surface area contributed by atoms with Crippen LogP contribution in [0.3, 0.4) is 0 Å². The predicted molar refractivity (Wildman–Crippen MR) is 81.8 cm³/mol. The van der Waals surface area contributed by atoms with E-state index in [1.807, 2.05) is 18.5 Å². The van der Waals surface area contributed by atoms with Crippen LogP contribution in [0.15, 0.2) is 27.1 Å². The van der Waals surface area contributed by atoms with Crippen molar-refractivity contribution in [2.45, 2.75) is 26.9 Å². The van der Waals surface area contributed by atoms with E-state index in [0.29, 0.717) is 12.2 Å². The Morgan fingerprint density at radius 3 is 2.79 bits per heavy atom. The van der Waals surface area contributed by atoms with Crippen LogP contribution in [-0.4, -0.2) is 9.78 Å². The summed E-state index contributed by atoms with van der Waals surface area (Å²) in [5.41, 5.74) is 2.43. The monoisotopic (exact) mass is 389 g/mol. The molecule has 19 heavy (non-hydrogen) atoms. The zero-order valence-electron chi connectivity index (χ0n) is 10.7. The van der Waals surface area contributed by atoms with Crippen LogP contribution in [0.2, 0.25) is 0 Å². The fourth-order valence-electron chi connectivity index (χ4n) is 1.85. The van der Waals surface area contributed by atoms with Crippen molar-refractivity contribution in [2.75, 3.05) is 5.32 Å². The first kappa shape index (κ1) is 14.5. The first-order chi connectivity index (χ1) is 9.02. The molecule has 0 radical (unpaired) electrons. The lowest BCUT2D eigenvalue weighted by Crippen LogP contribution is -2.09. The molecule has 0 spiro atoms. The lowest BCUT2D eigenvalue weighted by Gasteiger charge is -2.10. The van der Waals surface area contributed by atoms with Crippen LogP contribution in [0.1, 0.15) is 18.3 Å². The standard InChI is InChI=1S/C13H14Br2FN3/c1-3-19-12(13(15)8(2)18-19)7-17-11-6-9(14)4-5-10(11)16/h4-6,17H,3,7H2,1-2H3. The molecule has 6 heteroatoms. The predicted octanol–water partition coefficient (Wildman–Crippen LogP) is 4.49. The molecular weight excluding hydrogens is 377 g/mol. The summed E-state index contributed by atoms with van der Waals surface area (Å²) in [7, 11) is 0. The van der Waals surface area contributed by atoms with E-state index in [9.17, 15) is 4.39 Å². The number of benzene rings is 1. The molecule has 0 saturated heterocycles. The molecule has 2 aromatic rings. The second-order valence-electron chi connectivity index (χ2n) is 4.14. The maximum Gasteiger partial charge on any atom is 0.146 e. The minimum absolute atomic E-state index is 0.265. The highest BCUT2D eigenvalue weighted by Crippen LogP contribution is 2.24. The summed E-state index contributed by atoms with van der Waals surface area (Å²) >= 11 is 6.86. The molecule has 1 heterocycles. The number of anilines is 1. The van der Waals surface area contributed by atoms with Gasteiger partial charge in [-0.25, -0.2) is 4.39 Å². The quantitative estimate of drug-likeness (QED) is 0.833. The first-order valence-corrected chi connectivity index (χ1v) is 7.52. The molecule has 0 aliphatic heterocycles. The van der Waals surface area contributed by atoms with Gasteiger partial charge in [0.2, 0.25) is 0 Å². The zero-order valence-corrected chi connectivity index (χ0v) is 13.8. The Kier molecular flexibility index (Phi) is 4.62. The van der Waals surface area contributed by atoms with E-state index in [1.165, 1.54) is 6.07 Å². The number of halogens is 3. The molecule has 1 aromatic heterocycles. The molecule has 0 atom stereocenters. The normalized spacial score (nSPS) is 10.8. The number of aromatic nitrogens is 2. The van der Waals surface area contributed by atoms with E-state index in [1.54, 1.807) is 12.1 Å². The van der Waals surface area contributed by atoms with Gasteiger partial charge in [0.1, 0.15) is 5.82 Å². The fourth-order valence-corrected chi connectivity index (χ4v) is 2.64. The van der Waals surface area contributed by atoms with Gasteiger partial charge in [-0.05, 0) is 48.0 Å². The number of nitrogens with one attached hydrogen (secondary N) is 1. The zero-order chi connectivity index (χ0) is 14.0. The highest BCUT2D eigenvalue weighted by atomic mass is 79.9. The Labute approximate surface area is 128 Å². The molecule has 1 N–H and O–H groups in total. The molecular formula is C13H14Br2FN3. The van der Waals surface area contributed by atoms with Crippen molar-refractivity contribution >= 4 is 37.5 Å². The van der Waals surface area contributed by atoms with Crippen molar-refractivity contribution in [2.24, 2.45) is 0 Å². The molecule has 0 saturated carbocycles. The van der Waals surface area contributed by atoms with Gasteiger partial charge < -0.3 is 5.32 Å². The summed E-state index contributed by atoms with van der Waals surface area (Å²) in [5.74, 6) is -0.265. The smallest absolute Gasteiger partial charge is 0.146 e. The van der Waals surface area contributed by atoms with E-state index in [-0.39, 0.29) is 5.82 Å². The van der Waals surface area contributed by atoms with Gasteiger partial charge in [-0.15, -0.1) is 0 Å². The number of aryl methyl sites for hydroxylation is 2. The minimum Gasteiger partial charge on any atom is -0.377 e. The van der Waals surface area contributed by atoms with E-state index in [4.69, 9.17) is 0 Å². The van der Waals surface area contributed by atoms with Crippen molar-refractivity contribution in [1.29, 1.82) is 0 Å². The van der Waals surface area contributed by atoms with Crippen LogP contribution >= 0.6 is 31.9 Å². The van der Waals surface area contributed by atoms with Crippen molar-refractivity contribution in [1.82, 2.24) is 9.78 Å². The summed E-state index contributed by atoms with van der Waals surface area (Å²) in [4.78, 5) is 0. The largest absolute Gasteiger partial charge is 0.377 e. The Morgan fingerprint density at radius 2 is 2.11 bits per heavy atom. The van der Waals surface area contributed by atoms with Crippen LogP contribution in [0.4, 0.5) is 10.1 Å². The molecule has 2 rings (SSSR count). The highest BCUT2D eigenvalue weighted by Gasteiger charge is 2.12. The van der Waals surface area contributed by atoms with Crippen molar-refractivity contribution in [3.05, 3.63) is 44.3 Å². The van der Waals surface area contributed by atoms with Gasteiger partial charge in [-0.2, -0.15) is 5.10 Å². The molecule has 0 amide bonds. The van der Waals surface area contributed by atoms with E-state index in [0.717, 1.165) is 26.9 Å². The number of rotatable bonds is 4. The second kappa shape index (κ2) is 6.05. The third kappa shape index (κ3) is 3.17. The Morgan fingerprint density at radius 1 is 1.37 bits per heavy atom. The average molecular weight is 391 g/mol. The van der Waals surface area contributed by atoms with E-state index < -0.39 is 0 Å². The van der Waals surface area contributed by atoms with Gasteiger partial charge in [0.05, 0.1) is 28.1 Å². The molecule has 102 valence electrons. The highest BCUT2D eigenvalue weighted by molar-refractivity contribution is 9.10. The summed E-state index contributed by atoms with van der Waals surface area (Å²) in [6.07, 6.45) is 0. The van der Waals surface area contributed by atoms with Crippen LogP contribution < -0.4 is 5.32 Å². The van der Waals surface area contributed by atoms with Gasteiger partial charge >= 0.3 is 0 Å². The van der Waals surface area contributed by atoms with Crippen molar-refractivity contribution in [3.63, 3.8) is 0 Å². The molecule has 0 aliphatic rings. The Bertz CT molecular complexity index is 596. The van der Waals surface area contributed by atoms with Crippen molar-refractivity contribution in [3.8, 4) is 0 Å². The third-order valence-corrected chi connectivity index (χ3v) is 4.35. The maximum atomic E-state index is 13.6. The SMILES string of the molecule is CCn1nc(C)c(Br)c1CNc1cc(Br)ccc1F. The third-order valence-electron chi connectivity index (χ3n) is 2.83. The number of nitrogens with zero attached hydrogens (tertiary/aromatic N) is 2. The molecule has 0 aliphatic carbocycles. The first-order valence-electron chi connectivity index (χ1n) is 5.93. The molecule has 3 nitrogen and oxygen atoms in total. The fraction of sp³-hybridized carbons (Fsp3) is 0.308. The molecule has 1 aromatic carbocycles. The van der Waals surface area contributed by atoms with Gasteiger partial charge in [-0.1, -0.05) is 15.9 Å². The lowest BCUT2D eigenvalue weighted by molar-refractivity contribution is 0.615. The Hall–Kier alpha value is -0.880. The van der Waals surface area contributed by atoms with Crippen LogP contribution in [-0.2, 0) is 13.1 Å². The summed E-state index contributed by atoms with van der Waals surface area (Å²) < 4.78 is 17.4. The topological polar surface area (TPSA) is 29.9 Å². The van der Waals surface area contributed by atoms with Gasteiger partial charge in [0.25, 0.3) is 0 Å².